The first kappa shape index (κ1) is 24.9. The Morgan fingerprint density at radius 2 is 1.95 bits per heavy atom. The van der Waals surface area contributed by atoms with Crippen LogP contribution in [-0.4, -0.2) is 45.2 Å². The minimum atomic E-state index is -4.18. The SMILES string of the molecule is O=C(Nc1ccc(N2C(=O)Cc3cc(C4=NCCN4)ccc3C2=O)c(F)c1)NS(=O)(=O)c1ccc(Cl)s1. The monoisotopic (exact) mass is 561 g/mol. The van der Waals surface area contributed by atoms with Crippen LogP contribution in [0, 0.1) is 5.82 Å². The molecule has 3 heterocycles. The lowest BCUT2D eigenvalue weighted by molar-refractivity contribution is -0.117. The lowest BCUT2D eigenvalue weighted by Crippen LogP contribution is -2.43. The predicted octanol–water partition coefficient (Wildman–Crippen LogP) is 3.13. The second-order valence-electron chi connectivity index (χ2n) is 8.02. The van der Waals surface area contributed by atoms with Crippen molar-refractivity contribution in [1.29, 1.82) is 0 Å². The van der Waals surface area contributed by atoms with Gasteiger partial charge in [-0.25, -0.2) is 27.2 Å². The Labute approximate surface area is 219 Å². The fraction of sp³-hybridized carbons (Fsp3) is 0.130. The normalized spacial score (nSPS) is 15.2. The van der Waals surface area contributed by atoms with Crippen molar-refractivity contribution in [1.82, 2.24) is 10.0 Å². The fourth-order valence-corrected chi connectivity index (χ4v) is 6.33. The second kappa shape index (κ2) is 9.57. The molecule has 3 aromatic rings. The Kier molecular flexibility index (Phi) is 6.43. The van der Waals surface area contributed by atoms with Gasteiger partial charge in [0.15, 0.2) is 0 Å². The van der Waals surface area contributed by atoms with Crippen LogP contribution in [0.1, 0.15) is 21.5 Å². The van der Waals surface area contributed by atoms with Gasteiger partial charge in [0.2, 0.25) is 5.91 Å². The molecule has 1 aromatic heterocycles. The maximum atomic E-state index is 15.0. The van der Waals surface area contributed by atoms with E-state index in [0.29, 0.717) is 24.5 Å². The van der Waals surface area contributed by atoms with E-state index in [1.165, 1.54) is 18.2 Å². The van der Waals surface area contributed by atoms with Gasteiger partial charge in [0.05, 0.1) is 23.0 Å². The Morgan fingerprint density at radius 1 is 1.14 bits per heavy atom. The van der Waals surface area contributed by atoms with Gasteiger partial charge in [0.25, 0.3) is 15.9 Å². The quantitative estimate of drug-likeness (QED) is 0.409. The van der Waals surface area contributed by atoms with E-state index in [0.717, 1.165) is 33.9 Å². The number of halogens is 2. The number of sulfonamides is 1. The van der Waals surface area contributed by atoms with E-state index >= 15 is 4.39 Å². The molecule has 0 unspecified atom stereocenters. The Hall–Kier alpha value is -3.81. The third kappa shape index (κ3) is 4.92. The second-order valence-corrected chi connectivity index (χ2v) is 11.6. The number of benzene rings is 2. The lowest BCUT2D eigenvalue weighted by atomic mass is 9.95. The molecule has 190 valence electrons. The zero-order chi connectivity index (χ0) is 26.3. The average molecular weight is 562 g/mol. The number of thiophene rings is 1. The number of carbonyl (C=O) groups excluding carboxylic acids is 3. The number of urea groups is 1. The number of aliphatic imine (C=N–C) groups is 1. The van der Waals surface area contributed by atoms with Crippen LogP contribution in [0.4, 0.5) is 20.6 Å². The summed E-state index contributed by atoms with van der Waals surface area (Å²) >= 11 is 6.50. The molecule has 4 amide bonds. The summed E-state index contributed by atoms with van der Waals surface area (Å²) in [7, 11) is -4.18. The summed E-state index contributed by atoms with van der Waals surface area (Å²) in [6, 6.07) is 9.77. The predicted molar refractivity (Wildman–Crippen MR) is 136 cm³/mol. The molecule has 0 spiro atoms. The van der Waals surface area contributed by atoms with Gasteiger partial charge in [0, 0.05) is 23.4 Å². The largest absolute Gasteiger partial charge is 0.368 e. The topological polar surface area (TPSA) is 137 Å². The summed E-state index contributed by atoms with van der Waals surface area (Å²) in [6.07, 6.45) is -0.116. The average Bonchev–Trinajstić information content (AvgIpc) is 3.52. The molecule has 2 aliphatic heterocycles. The molecule has 0 saturated carbocycles. The highest BCUT2D eigenvalue weighted by molar-refractivity contribution is 7.92. The van der Waals surface area contributed by atoms with Crippen molar-refractivity contribution in [2.75, 3.05) is 23.3 Å². The molecule has 0 radical (unpaired) electrons. The summed E-state index contributed by atoms with van der Waals surface area (Å²) in [5.74, 6) is -1.57. The third-order valence-corrected chi connectivity index (χ3v) is 8.62. The summed E-state index contributed by atoms with van der Waals surface area (Å²) in [4.78, 5) is 43.2. The van der Waals surface area contributed by atoms with Gasteiger partial charge >= 0.3 is 6.03 Å². The first-order chi connectivity index (χ1) is 17.6. The maximum absolute atomic E-state index is 15.0. The number of anilines is 2. The Balaban J connectivity index is 1.33. The number of hydrogen-bond acceptors (Lipinski definition) is 8. The van der Waals surface area contributed by atoms with Crippen molar-refractivity contribution in [2.45, 2.75) is 10.6 Å². The van der Waals surface area contributed by atoms with Gasteiger partial charge in [-0.2, -0.15) is 0 Å². The van der Waals surface area contributed by atoms with Gasteiger partial charge in [-0.1, -0.05) is 17.7 Å². The molecule has 2 aliphatic rings. The number of nitrogens with zero attached hydrogens (tertiary/aromatic N) is 2. The first-order valence-corrected chi connectivity index (χ1v) is 13.5. The molecule has 0 bridgehead atoms. The molecule has 0 saturated heterocycles. The maximum Gasteiger partial charge on any atom is 0.333 e. The highest BCUT2D eigenvalue weighted by atomic mass is 35.5. The molecule has 2 aromatic carbocycles. The fourth-order valence-electron chi connectivity index (χ4n) is 3.94. The zero-order valence-corrected chi connectivity index (χ0v) is 21.1. The molecule has 0 aliphatic carbocycles. The standard InChI is InChI=1S/C23H17ClFN5O5S2/c24-18-5-6-20(36-18)37(34,35)29-23(33)28-14-2-4-17(16(25)11-14)30-19(31)10-13-9-12(21-26-7-8-27-21)1-3-15(13)22(30)32/h1-6,9,11H,7-8,10H2,(H,26,27)(H2,28,29,33). The van der Waals surface area contributed by atoms with Crippen LogP contribution in [0.2, 0.25) is 4.34 Å². The molecule has 37 heavy (non-hydrogen) atoms. The van der Waals surface area contributed by atoms with E-state index in [1.54, 1.807) is 22.9 Å². The first-order valence-electron chi connectivity index (χ1n) is 10.8. The highest BCUT2D eigenvalue weighted by Gasteiger charge is 2.34. The summed E-state index contributed by atoms with van der Waals surface area (Å²) in [6.45, 7) is 1.35. The number of imide groups is 1. The molecular formula is C23H17ClFN5O5S2. The lowest BCUT2D eigenvalue weighted by Gasteiger charge is -2.27. The number of fused-ring (bicyclic) bond motifs is 1. The van der Waals surface area contributed by atoms with E-state index in [4.69, 9.17) is 11.6 Å². The van der Waals surface area contributed by atoms with Gasteiger partial charge < -0.3 is 10.6 Å². The highest BCUT2D eigenvalue weighted by Crippen LogP contribution is 2.30. The minimum Gasteiger partial charge on any atom is -0.368 e. The smallest absolute Gasteiger partial charge is 0.333 e. The molecule has 0 fully saturated rings. The number of rotatable bonds is 5. The van der Waals surface area contributed by atoms with Crippen LogP contribution in [-0.2, 0) is 21.2 Å². The van der Waals surface area contributed by atoms with E-state index in [9.17, 15) is 22.8 Å². The number of amidine groups is 1. The molecule has 14 heteroatoms. The molecule has 0 atom stereocenters. The van der Waals surface area contributed by atoms with Gasteiger partial charge in [-0.15, -0.1) is 11.3 Å². The van der Waals surface area contributed by atoms with Crippen LogP contribution in [0.25, 0.3) is 0 Å². The summed E-state index contributed by atoms with van der Waals surface area (Å²) < 4.78 is 41.4. The van der Waals surface area contributed by atoms with Crippen LogP contribution in [0.15, 0.2) is 57.7 Å². The summed E-state index contributed by atoms with van der Waals surface area (Å²) in [5.41, 5.74) is 1.16. The van der Waals surface area contributed by atoms with Gasteiger partial charge in [-0.3, -0.25) is 14.6 Å². The van der Waals surface area contributed by atoms with Gasteiger partial charge in [-0.05, 0) is 48.0 Å². The van der Waals surface area contributed by atoms with E-state index in [1.807, 2.05) is 0 Å². The summed E-state index contributed by atoms with van der Waals surface area (Å²) in [5, 5.41) is 5.35. The van der Waals surface area contributed by atoms with Crippen molar-refractivity contribution in [3.63, 3.8) is 0 Å². The number of hydrogen-bond donors (Lipinski definition) is 3. The van der Waals surface area contributed by atoms with Crippen LogP contribution >= 0.6 is 22.9 Å². The minimum absolute atomic E-state index is 0.0926. The van der Waals surface area contributed by atoms with Crippen molar-refractivity contribution >= 4 is 68.0 Å². The van der Waals surface area contributed by atoms with Crippen LogP contribution in [0.5, 0.6) is 0 Å². The number of nitrogens with one attached hydrogen (secondary N) is 3. The van der Waals surface area contributed by atoms with Crippen molar-refractivity contribution in [2.24, 2.45) is 4.99 Å². The molecule has 5 rings (SSSR count). The Morgan fingerprint density at radius 3 is 2.62 bits per heavy atom. The zero-order valence-electron chi connectivity index (χ0n) is 18.7. The van der Waals surface area contributed by atoms with E-state index < -0.39 is 33.7 Å². The molecular weight excluding hydrogens is 545 g/mol. The molecule has 3 N–H and O–H groups in total. The van der Waals surface area contributed by atoms with Crippen molar-refractivity contribution < 1.29 is 27.2 Å². The van der Waals surface area contributed by atoms with Crippen molar-refractivity contribution in [3.8, 4) is 0 Å². The van der Waals surface area contributed by atoms with Crippen LogP contribution in [0.3, 0.4) is 0 Å². The van der Waals surface area contributed by atoms with E-state index in [-0.39, 0.29) is 31.9 Å². The van der Waals surface area contributed by atoms with Gasteiger partial charge in [0.1, 0.15) is 15.9 Å². The van der Waals surface area contributed by atoms with E-state index in [2.05, 4.69) is 15.6 Å². The number of carbonyl (C=O) groups is 3. The van der Waals surface area contributed by atoms with Crippen LogP contribution < -0.4 is 20.3 Å². The Bertz CT molecular complexity index is 1600. The number of amides is 4. The molecule has 10 nitrogen and oxygen atoms in total. The van der Waals surface area contributed by atoms with Crippen molar-refractivity contribution in [3.05, 3.63) is 75.4 Å². The third-order valence-electron chi connectivity index (χ3n) is 5.56.